The van der Waals surface area contributed by atoms with E-state index in [1.54, 1.807) is 24.3 Å². The number of carbonyl (C=O) groups is 7. The third-order valence-corrected chi connectivity index (χ3v) is 13.4. The molecule has 18 heteroatoms. The lowest BCUT2D eigenvalue weighted by molar-refractivity contribution is -0.149. The molecule has 1 fully saturated rings. The van der Waals surface area contributed by atoms with E-state index in [0.29, 0.717) is 23.9 Å². The molecule has 0 spiro atoms. The highest BCUT2D eigenvalue weighted by Gasteiger charge is 2.38. The maximum atomic E-state index is 14.4. The Bertz CT molecular complexity index is 2040. The fourth-order valence-electron chi connectivity index (χ4n) is 8.33. The van der Waals surface area contributed by atoms with Crippen LogP contribution in [0.4, 0.5) is 0 Å². The molecule has 3 heterocycles. The highest BCUT2D eigenvalue weighted by Crippen LogP contribution is 2.33. The average molecular weight is 965 g/mol. The van der Waals surface area contributed by atoms with Crippen LogP contribution in [0.2, 0.25) is 0 Å². The van der Waals surface area contributed by atoms with E-state index in [4.69, 9.17) is 18.9 Å². The second-order valence-corrected chi connectivity index (χ2v) is 18.8. The molecular formula is C50H72N6O11S. The highest BCUT2D eigenvalue weighted by molar-refractivity contribution is 7.09. The monoisotopic (exact) mass is 964 g/mol. The van der Waals surface area contributed by atoms with Gasteiger partial charge in [-0.15, -0.1) is 11.3 Å². The molecule has 0 bridgehead atoms. The number of hydrogen-bond donors (Lipinski definition) is 1. The number of Topliss-reactive ketones (excluding diaryl/α,β-unsaturated/α-hetero) is 2. The zero-order valence-corrected chi connectivity index (χ0v) is 41.9. The molecule has 2 aliphatic rings. The van der Waals surface area contributed by atoms with Crippen LogP contribution in [-0.4, -0.2) is 158 Å². The van der Waals surface area contributed by atoms with Gasteiger partial charge in [0.25, 0.3) is 17.7 Å². The molecule has 1 N–H and O–H groups in total. The van der Waals surface area contributed by atoms with Crippen molar-refractivity contribution in [3.05, 3.63) is 64.1 Å². The van der Waals surface area contributed by atoms with Gasteiger partial charge in [-0.3, -0.25) is 48.4 Å². The molecule has 4 rings (SSSR count). The van der Waals surface area contributed by atoms with E-state index in [1.807, 2.05) is 65.1 Å². The van der Waals surface area contributed by atoms with Crippen molar-refractivity contribution in [2.24, 2.45) is 22.7 Å². The minimum Gasteiger partial charge on any atom is -0.455 e. The number of ketones is 2. The Labute approximate surface area is 405 Å². The lowest BCUT2D eigenvalue weighted by Crippen LogP contribution is -2.48. The number of piperidine rings is 1. The van der Waals surface area contributed by atoms with Crippen LogP contribution in [0, 0.1) is 17.8 Å². The third-order valence-electron chi connectivity index (χ3n) is 12.5. The fourth-order valence-corrected chi connectivity index (χ4v) is 9.17. The number of benzene rings is 1. The number of esters is 1. The van der Waals surface area contributed by atoms with Gasteiger partial charge in [0, 0.05) is 62.7 Å². The van der Waals surface area contributed by atoms with E-state index in [2.05, 4.69) is 20.2 Å². The quantitative estimate of drug-likeness (QED) is 0.0460. The van der Waals surface area contributed by atoms with Crippen molar-refractivity contribution in [2.45, 2.75) is 111 Å². The topological polar surface area (TPSA) is 203 Å². The van der Waals surface area contributed by atoms with E-state index in [-0.39, 0.29) is 118 Å². The molecule has 0 aliphatic carbocycles. The number of nitrogens with zero attached hydrogens (tertiary/aromatic N) is 5. The molecule has 2 aliphatic heterocycles. The second-order valence-electron chi connectivity index (χ2n) is 17.9. The summed E-state index contributed by atoms with van der Waals surface area (Å²) in [7, 11) is 3.73. The number of likely N-dealkylation sites (N-methyl/N-ethyl adjacent to an activating group) is 1. The number of nitrogens with one attached hydrogen (secondary N) is 1. The van der Waals surface area contributed by atoms with Crippen LogP contribution >= 0.6 is 11.3 Å². The first-order valence-electron chi connectivity index (χ1n) is 23.8. The normalized spacial score (nSPS) is 17.8. The minimum absolute atomic E-state index is 0.0214. The number of imide groups is 1. The molecule has 68 heavy (non-hydrogen) atoms. The first kappa shape index (κ1) is 55.6. The molecule has 2 aromatic rings. The van der Waals surface area contributed by atoms with Gasteiger partial charge < -0.3 is 29.2 Å². The SMILES string of the molecule is CC[C@H](C)[C@H](CC(=O)[C@H]1CCCCN1C)C(=O)N(C)[C@H](C[C@@H](OC(C)=O)c1nc(C(=O)N[C@H](C)C(=NCC(=O)CCOCCOCCOCCN2C(=O)C=CC2=O)c2ccccc2)cs1)C(C)C. The van der Waals surface area contributed by atoms with Crippen LogP contribution in [0.3, 0.4) is 0 Å². The molecular weight excluding hydrogens is 893 g/mol. The van der Waals surface area contributed by atoms with E-state index < -0.39 is 29.9 Å². The fraction of sp³-hybridized carbons (Fsp3) is 0.620. The standard InChI is InChI=1S/C50H72N6O11S/c1-9-34(4)39(29-43(59)41-17-13-14-21-54(41)7)50(63)55(8)42(33(2)3)30-44(67-36(6)57)49-53-40(32-68-49)48(62)52-35(5)47(37-15-11-10-12-16-37)51-31-38(58)20-23-64-25-27-66-28-26-65-24-22-56-45(60)18-19-46(56)61/h10-12,15-16,18-19,32-35,39,41-42,44H,9,13-14,17,20-31H2,1-8H3,(H,52,62)/t34-,35+,39-,41+,42+,44+/m0/s1. The van der Waals surface area contributed by atoms with Gasteiger partial charge >= 0.3 is 5.97 Å². The number of rotatable bonds is 30. The Hall–Kier alpha value is -5.01. The van der Waals surface area contributed by atoms with Crippen molar-refractivity contribution in [2.75, 3.05) is 73.4 Å². The number of aromatic nitrogens is 1. The van der Waals surface area contributed by atoms with Crippen molar-refractivity contribution in [1.29, 1.82) is 0 Å². The second kappa shape index (κ2) is 28.5. The summed E-state index contributed by atoms with van der Waals surface area (Å²) in [6, 6.07) is 8.06. The number of carbonyl (C=O) groups excluding carboxylic acids is 7. The average Bonchev–Trinajstić information content (AvgIpc) is 3.94. The first-order valence-corrected chi connectivity index (χ1v) is 24.7. The molecule has 4 amide bonds. The Morgan fingerprint density at radius 1 is 0.926 bits per heavy atom. The predicted molar refractivity (Wildman–Crippen MR) is 258 cm³/mol. The Balaban J connectivity index is 1.32. The lowest BCUT2D eigenvalue weighted by Gasteiger charge is -2.37. The zero-order valence-electron chi connectivity index (χ0n) is 41.1. The van der Waals surface area contributed by atoms with Gasteiger partial charge in [-0.1, -0.05) is 70.9 Å². The maximum Gasteiger partial charge on any atom is 0.303 e. The van der Waals surface area contributed by atoms with Crippen LogP contribution in [0.1, 0.15) is 114 Å². The lowest BCUT2D eigenvalue weighted by atomic mass is 9.83. The zero-order chi connectivity index (χ0) is 49.8. The van der Waals surface area contributed by atoms with Crippen LogP contribution in [0.5, 0.6) is 0 Å². The summed E-state index contributed by atoms with van der Waals surface area (Å²) in [5, 5.41) is 4.98. The molecule has 374 valence electrons. The molecule has 0 radical (unpaired) electrons. The third kappa shape index (κ3) is 17.2. The smallest absolute Gasteiger partial charge is 0.303 e. The maximum absolute atomic E-state index is 14.4. The van der Waals surface area contributed by atoms with Crippen LogP contribution < -0.4 is 5.32 Å². The summed E-state index contributed by atoms with van der Waals surface area (Å²) < 4.78 is 22.3. The summed E-state index contributed by atoms with van der Waals surface area (Å²) >= 11 is 1.18. The largest absolute Gasteiger partial charge is 0.455 e. The molecule has 1 saturated heterocycles. The van der Waals surface area contributed by atoms with E-state index in [9.17, 15) is 33.6 Å². The Morgan fingerprint density at radius 3 is 2.19 bits per heavy atom. The summed E-state index contributed by atoms with van der Waals surface area (Å²) in [5.41, 5.74) is 1.35. The molecule has 0 unspecified atom stereocenters. The van der Waals surface area contributed by atoms with Crippen molar-refractivity contribution < 1.29 is 52.5 Å². The molecule has 1 aromatic heterocycles. The van der Waals surface area contributed by atoms with Gasteiger partial charge in [-0.25, -0.2) is 4.98 Å². The summed E-state index contributed by atoms with van der Waals surface area (Å²) in [6.07, 6.45) is 5.74. The highest BCUT2D eigenvalue weighted by atomic mass is 32.1. The van der Waals surface area contributed by atoms with Gasteiger partial charge in [-0.05, 0) is 50.8 Å². The van der Waals surface area contributed by atoms with Crippen LogP contribution in [0.25, 0.3) is 0 Å². The summed E-state index contributed by atoms with van der Waals surface area (Å²) in [4.78, 5) is 104. The Kier molecular flexibility index (Phi) is 23.3. The van der Waals surface area contributed by atoms with Gasteiger partial charge in [0.1, 0.15) is 10.7 Å². The molecule has 17 nitrogen and oxygen atoms in total. The van der Waals surface area contributed by atoms with Crippen molar-refractivity contribution in [1.82, 2.24) is 25.0 Å². The van der Waals surface area contributed by atoms with E-state index in [1.165, 1.54) is 30.4 Å². The number of hydrogen-bond acceptors (Lipinski definition) is 15. The number of likely N-dealkylation sites (tertiary alicyclic amines) is 1. The van der Waals surface area contributed by atoms with Gasteiger partial charge in [0.05, 0.1) is 70.5 Å². The minimum atomic E-state index is -0.848. The van der Waals surface area contributed by atoms with Crippen LogP contribution in [0.15, 0.2) is 52.9 Å². The van der Waals surface area contributed by atoms with Crippen molar-refractivity contribution in [3.63, 3.8) is 0 Å². The number of thiazole rings is 1. The predicted octanol–water partition coefficient (Wildman–Crippen LogP) is 5.27. The summed E-state index contributed by atoms with van der Waals surface area (Å²) in [6.45, 7) is 13.6. The number of aliphatic imine (C=N–C) groups is 1. The summed E-state index contributed by atoms with van der Waals surface area (Å²) in [5.74, 6) is -2.44. The number of amides is 4. The number of ether oxygens (including phenoxy) is 4. The van der Waals surface area contributed by atoms with E-state index >= 15 is 0 Å². The van der Waals surface area contributed by atoms with E-state index in [0.717, 1.165) is 42.7 Å². The first-order chi connectivity index (χ1) is 32.5. The van der Waals surface area contributed by atoms with Crippen molar-refractivity contribution >= 4 is 58.2 Å². The van der Waals surface area contributed by atoms with Gasteiger partial charge in [-0.2, -0.15) is 0 Å². The Morgan fingerprint density at radius 2 is 1.57 bits per heavy atom. The van der Waals surface area contributed by atoms with Crippen molar-refractivity contribution in [3.8, 4) is 0 Å². The van der Waals surface area contributed by atoms with Crippen LogP contribution in [-0.2, 0) is 47.7 Å². The van der Waals surface area contributed by atoms with Gasteiger partial charge in [0.15, 0.2) is 17.7 Å². The molecule has 1 aromatic carbocycles. The molecule has 6 atom stereocenters. The van der Waals surface area contributed by atoms with Gasteiger partial charge in [0.2, 0.25) is 5.91 Å². The molecule has 0 saturated carbocycles.